The van der Waals surface area contributed by atoms with Gasteiger partial charge in [-0.1, -0.05) is 285 Å². The predicted molar refractivity (Wildman–Crippen MR) is 456 cm³/mol. The van der Waals surface area contributed by atoms with Crippen LogP contribution in [0.4, 0.5) is 0 Å². The molecule has 0 saturated heterocycles. The van der Waals surface area contributed by atoms with Crippen molar-refractivity contribution in [1.29, 1.82) is 0 Å². The molecule has 2 spiro atoms. The minimum atomic E-state index is 0.186. The summed E-state index contributed by atoms with van der Waals surface area (Å²) in [6.07, 6.45) is 14.3. The van der Waals surface area contributed by atoms with Gasteiger partial charge in [-0.3, -0.25) is 0 Å². The smallest absolute Gasteiger partial charge is 0.0541 e. The molecule has 1 heterocycles. The lowest BCUT2D eigenvalue weighted by Gasteiger charge is -2.61. The summed E-state index contributed by atoms with van der Waals surface area (Å²) in [5.74, 6) is 6.88. The molecule has 1 aromatic heterocycles. The molecule has 10 aliphatic carbocycles. The molecule has 16 aromatic carbocycles. The van der Waals surface area contributed by atoms with Gasteiger partial charge in [0.1, 0.15) is 0 Å². The molecule has 520 valence electrons. The van der Waals surface area contributed by atoms with Crippen LogP contribution >= 0.6 is 0 Å². The molecule has 109 heavy (non-hydrogen) atoms. The van der Waals surface area contributed by atoms with Crippen molar-refractivity contribution in [2.75, 3.05) is 0 Å². The summed E-state index contributed by atoms with van der Waals surface area (Å²) in [4.78, 5) is 0. The molecule has 0 amide bonds. The first kappa shape index (κ1) is 62.4. The van der Waals surface area contributed by atoms with E-state index in [4.69, 9.17) is 0 Å². The van der Waals surface area contributed by atoms with Gasteiger partial charge in [-0.2, -0.15) is 0 Å². The van der Waals surface area contributed by atoms with Crippen LogP contribution in [-0.4, -0.2) is 4.57 Å². The van der Waals surface area contributed by atoms with E-state index in [1.54, 1.807) is 22.3 Å². The van der Waals surface area contributed by atoms with Crippen molar-refractivity contribution < 1.29 is 0 Å². The van der Waals surface area contributed by atoms with E-state index in [1.807, 2.05) is 0 Å². The Morgan fingerprint density at radius 3 is 0.982 bits per heavy atom. The fraction of sp³-hybridized carbons (Fsp3) is 0.185. The lowest BCUT2D eigenvalue weighted by atomic mass is 9.43. The van der Waals surface area contributed by atoms with Crippen LogP contribution in [0, 0.1) is 47.3 Å². The number of benzene rings is 16. The highest BCUT2D eigenvalue weighted by atomic mass is 15.0. The molecule has 8 bridgehead atoms. The van der Waals surface area contributed by atoms with E-state index in [2.05, 4.69) is 338 Å². The number of hydrogen-bond acceptors (Lipinski definition) is 0. The lowest BCUT2D eigenvalue weighted by molar-refractivity contribution is -0.0399. The van der Waals surface area contributed by atoms with Crippen LogP contribution in [0.25, 0.3) is 160 Å². The normalized spacial score (nSPS) is 23.3. The highest BCUT2D eigenvalue weighted by molar-refractivity contribution is 6.24. The van der Waals surface area contributed by atoms with E-state index in [-0.39, 0.29) is 10.8 Å². The number of fused-ring (bicyclic) bond motifs is 13. The van der Waals surface area contributed by atoms with Gasteiger partial charge < -0.3 is 4.57 Å². The van der Waals surface area contributed by atoms with Gasteiger partial charge in [-0.25, -0.2) is 0 Å². The van der Waals surface area contributed by atoms with Crippen molar-refractivity contribution in [3.05, 3.63) is 356 Å². The average molecular weight is 1390 g/mol. The van der Waals surface area contributed by atoms with Crippen molar-refractivity contribution in [3.8, 4) is 94.7 Å². The van der Waals surface area contributed by atoms with E-state index in [0.29, 0.717) is 0 Å². The van der Waals surface area contributed by atoms with Crippen LogP contribution < -0.4 is 0 Å². The first-order chi connectivity index (χ1) is 54.0. The molecule has 0 unspecified atom stereocenters. The maximum atomic E-state index is 2.59. The lowest BCUT2D eigenvalue weighted by Crippen LogP contribution is -2.55. The average Bonchev–Trinajstić information content (AvgIpc) is 1.54. The topological polar surface area (TPSA) is 4.93 Å². The largest absolute Gasteiger partial charge is 0.309 e. The highest BCUT2D eigenvalue weighted by Crippen LogP contribution is 2.72. The fourth-order valence-corrected chi connectivity index (χ4v) is 25.5. The number of rotatable bonds is 7. The third-order valence-electron chi connectivity index (χ3n) is 29.0. The van der Waals surface area contributed by atoms with E-state index in [0.717, 1.165) is 47.3 Å². The summed E-state index contributed by atoms with van der Waals surface area (Å²) in [7, 11) is 0. The third-order valence-corrected chi connectivity index (χ3v) is 29.0. The second-order valence-corrected chi connectivity index (χ2v) is 34.1. The van der Waals surface area contributed by atoms with Crippen molar-refractivity contribution >= 4 is 64.9 Å². The quantitative estimate of drug-likeness (QED) is 0.140. The standard InChI is InChI=1S/C54H41N.C54H42/c1-2-12-39(13-3-1)55-50-21-11-9-15-41(50)47-32-36(23-25-51(47)55)53-44-18-6-4-16-42(44)52(43-17-5-7-19-45(43)53)35-22-24-49-46(31-35)40-14-8-10-20-48(40)54(49)37-27-33-26-34(29-37)30-38(54)28-33;1-3-13-36(14-4-1)38-23-25-47(48(32-38)37-15-5-2-6-16-37)53-45-20-9-7-18-43(45)52(44-19-8-10-21-46(44)53)39-24-26-51-49(33-39)42-17-11-12-22-50(42)54(51)40-28-34-27-35(30-40)31-41(54)29-34/h1-25,31-34,37-38H,26-30H2;1-26,32-35,40-41H,27-31H2. The van der Waals surface area contributed by atoms with E-state index < -0.39 is 0 Å². The van der Waals surface area contributed by atoms with Crippen molar-refractivity contribution in [2.45, 2.75) is 75.0 Å². The van der Waals surface area contributed by atoms with E-state index >= 15 is 0 Å². The summed E-state index contributed by atoms with van der Waals surface area (Å²) in [6.45, 7) is 0. The Bertz CT molecular complexity index is 6450. The van der Waals surface area contributed by atoms with Crippen molar-refractivity contribution in [1.82, 2.24) is 4.57 Å². The van der Waals surface area contributed by atoms with Crippen LogP contribution in [-0.2, 0) is 10.8 Å². The minimum absolute atomic E-state index is 0.186. The predicted octanol–water partition coefficient (Wildman–Crippen LogP) is 28.5. The molecule has 17 aromatic rings. The summed E-state index contributed by atoms with van der Waals surface area (Å²) < 4.78 is 2.41. The summed E-state index contributed by atoms with van der Waals surface area (Å²) in [6, 6.07) is 127. The van der Waals surface area contributed by atoms with Crippen LogP contribution in [0.5, 0.6) is 0 Å². The molecule has 8 fully saturated rings. The van der Waals surface area contributed by atoms with Gasteiger partial charge in [0, 0.05) is 27.3 Å². The molecule has 0 N–H and O–H groups in total. The molecule has 27 rings (SSSR count). The van der Waals surface area contributed by atoms with Gasteiger partial charge in [0.2, 0.25) is 0 Å². The van der Waals surface area contributed by atoms with Crippen molar-refractivity contribution in [2.24, 2.45) is 47.3 Å². The molecular weight excluding hydrogens is 1310 g/mol. The maximum Gasteiger partial charge on any atom is 0.0541 e. The Morgan fingerprint density at radius 1 is 0.193 bits per heavy atom. The second kappa shape index (κ2) is 23.9. The van der Waals surface area contributed by atoms with Gasteiger partial charge in [0.15, 0.2) is 0 Å². The summed E-state index contributed by atoms with van der Waals surface area (Å²) >= 11 is 0. The molecule has 10 aliphatic rings. The minimum Gasteiger partial charge on any atom is -0.309 e. The Hall–Kier alpha value is -11.6. The number of nitrogens with zero attached hydrogens (tertiary/aromatic N) is 1. The molecule has 0 radical (unpaired) electrons. The maximum absolute atomic E-state index is 2.59. The Balaban J connectivity index is 0.000000128. The van der Waals surface area contributed by atoms with Gasteiger partial charge in [-0.15, -0.1) is 0 Å². The third kappa shape index (κ3) is 8.96. The zero-order chi connectivity index (χ0) is 71.2. The highest BCUT2D eigenvalue weighted by Gasteiger charge is 2.63. The van der Waals surface area contributed by atoms with Crippen LogP contribution in [0.1, 0.15) is 86.5 Å². The molecule has 0 aliphatic heterocycles. The zero-order valence-corrected chi connectivity index (χ0v) is 61.4. The van der Waals surface area contributed by atoms with Gasteiger partial charge in [0.05, 0.1) is 11.0 Å². The Labute approximate surface area is 638 Å². The number of aromatic nitrogens is 1. The van der Waals surface area contributed by atoms with Gasteiger partial charge >= 0.3 is 0 Å². The molecule has 1 heteroatoms. The first-order valence-corrected chi connectivity index (χ1v) is 40.7. The summed E-state index contributed by atoms with van der Waals surface area (Å²) in [5, 5.41) is 13.0. The molecule has 0 atom stereocenters. The van der Waals surface area contributed by atoms with Crippen LogP contribution in [0.15, 0.2) is 334 Å². The Morgan fingerprint density at radius 2 is 0.523 bits per heavy atom. The molecular formula is C108H83N. The first-order valence-electron chi connectivity index (χ1n) is 40.7. The van der Waals surface area contributed by atoms with E-state index in [9.17, 15) is 0 Å². The number of hydrogen-bond donors (Lipinski definition) is 0. The summed E-state index contributed by atoms with van der Waals surface area (Å²) in [5.41, 5.74) is 31.9. The van der Waals surface area contributed by atoms with Gasteiger partial charge in [0.25, 0.3) is 0 Å². The fourth-order valence-electron chi connectivity index (χ4n) is 25.5. The van der Waals surface area contributed by atoms with Crippen molar-refractivity contribution in [3.63, 3.8) is 0 Å². The SMILES string of the molecule is c1ccc(-c2ccc(-c3c4ccccc4c(-c4ccc5c(c4)-c4ccccc4C54C5CC6CC(C5)CC4C6)c4ccccc34)c(-c3ccccc3)c2)cc1.c1ccc(-n2c3ccccc3c3cc(-c4c5ccccc5c(-c5ccc6c(c5)-c5ccccc5C65C6CC7CC(C6)CC5C7)c5ccccc45)ccc32)cc1. The zero-order valence-electron chi connectivity index (χ0n) is 61.4. The molecule has 1 nitrogen and oxygen atoms in total. The van der Waals surface area contributed by atoms with E-state index in [1.165, 1.54) is 224 Å². The monoisotopic (exact) mass is 1390 g/mol. The van der Waals surface area contributed by atoms with Crippen LogP contribution in [0.2, 0.25) is 0 Å². The van der Waals surface area contributed by atoms with Gasteiger partial charge in [-0.05, 0) is 314 Å². The second-order valence-electron chi connectivity index (χ2n) is 34.1. The van der Waals surface area contributed by atoms with Crippen LogP contribution in [0.3, 0.4) is 0 Å². The molecule has 8 saturated carbocycles. The Kier molecular flexibility index (Phi) is 13.7. The number of para-hydroxylation sites is 2.